The van der Waals surface area contributed by atoms with E-state index in [1.54, 1.807) is 26.0 Å². The maximum atomic E-state index is 12.2. The normalized spacial score (nSPS) is 11.9. The molecule has 0 aliphatic carbocycles. The molecule has 0 heterocycles. The van der Waals surface area contributed by atoms with Gasteiger partial charge in [0, 0.05) is 5.69 Å². The predicted octanol–water partition coefficient (Wildman–Crippen LogP) is 2.10. The number of nitrogens with one attached hydrogen (secondary N) is 1. The van der Waals surface area contributed by atoms with Gasteiger partial charge in [-0.05, 0) is 36.8 Å². The molecule has 0 radical (unpaired) electrons. The number of esters is 1. The van der Waals surface area contributed by atoms with Gasteiger partial charge in [0.1, 0.15) is 6.04 Å². The van der Waals surface area contributed by atoms with Crippen LogP contribution in [-0.4, -0.2) is 24.5 Å². The minimum atomic E-state index is -0.719. The first-order chi connectivity index (χ1) is 10.0. The highest BCUT2D eigenvalue weighted by molar-refractivity contribution is 6.05. The number of rotatable bonds is 4. The molecule has 0 bridgehead atoms. The van der Waals surface area contributed by atoms with Crippen molar-refractivity contribution in [2.45, 2.75) is 19.9 Å². The number of carbonyl (C=O) groups is 2. The van der Waals surface area contributed by atoms with E-state index in [0.29, 0.717) is 11.3 Å². The fraction of sp³-hybridized carbons (Fsp3) is 0.250. The van der Waals surface area contributed by atoms with Gasteiger partial charge >= 0.3 is 5.97 Å². The molecule has 5 heteroatoms. The van der Waals surface area contributed by atoms with E-state index in [0.717, 1.165) is 10.8 Å². The maximum absolute atomic E-state index is 12.2. The first-order valence-electron chi connectivity index (χ1n) is 6.78. The lowest BCUT2D eigenvalue weighted by Crippen LogP contribution is -2.39. The van der Waals surface area contributed by atoms with E-state index in [4.69, 9.17) is 10.5 Å². The molecule has 3 N–H and O–H groups in total. The smallest absolute Gasteiger partial charge is 0.328 e. The summed E-state index contributed by atoms with van der Waals surface area (Å²) < 4.78 is 4.86. The van der Waals surface area contributed by atoms with E-state index in [9.17, 15) is 9.59 Å². The molecule has 0 saturated heterocycles. The molecular formula is C16H18N2O3. The lowest BCUT2D eigenvalue weighted by Gasteiger charge is -2.14. The Morgan fingerprint density at radius 3 is 2.48 bits per heavy atom. The molecule has 0 aliphatic heterocycles. The Morgan fingerprint density at radius 2 is 1.86 bits per heavy atom. The summed E-state index contributed by atoms with van der Waals surface area (Å²) in [5.41, 5.74) is 6.65. The van der Waals surface area contributed by atoms with E-state index in [2.05, 4.69) is 5.32 Å². The Labute approximate surface area is 123 Å². The molecule has 2 rings (SSSR count). The number of ether oxygens (including phenoxy) is 1. The topological polar surface area (TPSA) is 81.4 Å². The van der Waals surface area contributed by atoms with Gasteiger partial charge in [0.25, 0.3) is 5.91 Å². The fourth-order valence-electron chi connectivity index (χ4n) is 2.06. The molecule has 0 spiro atoms. The molecule has 2 aromatic carbocycles. The van der Waals surface area contributed by atoms with Crippen LogP contribution in [-0.2, 0) is 9.53 Å². The summed E-state index contributed by atoms with van der Waals surface area (Å²) in [5.74, 6) is -0.857. The Kier molecular flexibility index (Phi) is 4.42. The maximum Gasteiger partial charge on any atom is 0.328 e. The van der Waals surface area contributed by atoms with Crippen LogP contribution in [0, 0.1) is 0 Å². The summed E-state index contributed by atoms with van der Waals surface area (Å²) in [6.07, 6.45) is 0. The number of nitrogens with two attached hydrogens (primary N) is 1. The van der Waals surface area contributed by atoms with Gasteiger partial charge in [0.05, 0.1) is 12.2 Å². The predicted molar refractivity (Wildman–Crippen MR) is 81.9 cm³/mol. The number of hydrogen-bond donors (Lipinski definition) is 2. The molecule has 0 aliphatic rings. The van der Waals surface area contributed by atoms with E-state index >= 15 is 0 Å². The standard InChI is InChI=1S/C16H18N2O3/c1-3-21-16(20)10(2)18-15(19)13-8-11-6-4-5-7-12(11)9-14(13)17/h4-10H,3,17H2,1-2H3,(H,18,19). The number of hydrogen-bond acceptors (Lipinski definition) is 4. The van der Waals surface area contributed by atoms with Crippen molar-refractivity contribution in [3.63, 3.8) is 0 Å². The van der Waals surface area contributed by atoms with Crippen LogP contribution >= 0.6 is 0 Å². The molecule has 110 valence electrons. The van der Waals surface area contributed by atoms with Crippen LogP contribution in [0.25, 0.3) is 10.8 Å². The lowest BCUT2D eigenvalue weighted by molar-refractivity contribution is -0.144. The van der Waals surface area contributed by atoms with E-state index in [1.165, 1.54) is 0 Å². The summed E-state index contributed by atoms with van der Waals surface area (Å²) in [6, 6.07) is 10.4. The minimum Gasteiger partial charge on any atom is -0.464 e. The van der Waals surface area contributed by atoms with Crippen LogP contribution in [0.5, 0.6) is 0 Å². The number of benzene rings is 2. The first kappa shape index (κ1) is 14.8. The number of amides is 1. The summed E-state index contributed by atoms with van der Waals surface area (Å²) >= 11 is 0. The SMILES string of the molecule is CCOC(=O)C(C)NC(=O)c1cc2ccccc2cc1N. The Hall–Kier alpha value is -2.56. The Balaban J connectivity index is 2.23. The summed E-state index contributed by atoms with van der Waals surface area (Å²) in [7, 11) is 0. The van der Waals surface area contributed by atoms with Gasteiger partial charge in [-0.25, -0.2) is 4.79 Å². The number of fused-ring (bicyclic) bond motifs is 1. The number of carbonyl (C=O) groups excluding carboxylic acids is 2. The van der Waals surface area contributed by atoms with Crippen LogP contribution in [0.2, 0.25) is 0 Å². The van der Waals surface area contributed by atoms with Gasteiger partial charge in [-0.1, -0.05) is 24.3 Å². The van der Waals surface area contributed by atoms with Crippen LogP contribution < -0.4 is 11.1 Å². The lowest BCUT2D eigenvalue weighted by atomic mass is 10.0. The molecular weight excluding hydrogens is 268 g/mol. The summed E-state index contributed by atoms with van der Waals surface area (Å²) in [5, 5.41) is 4.47. The summed E-state index contributed by atoms with van der Waals surface area (Å²) in [6.45, 7) is 3.57. The number of nitrogen functional groups attached to an aromatic ring is 1. The molecule has 1 unspecified atom stereocenters. The summed E-state index contributed by atoms with van der Waals surface area (Å²) in [4.78, 5) is 23.8. The zero-order valence-electron chi connectivity index (χ0n) is 12.1. The van der Waals surface area contributed by atoms with Crippen LogP contribution in [0.1, 0.15) is 24.2 Å². The van der Waals surface area contributed by atoms with Crippen molar-refractivity contribution < 1.29 is 14.3 Å². The zero-order chi connectivity index (χ0) is 15.4. The minimum absolute atomic E-state index is 0.275. The third-order valence-corrected chi connectivity index (χ3v) is 3.15. The first-order valence-corrected chi connectivity index (χ1v) is 6.78. The highest BCUT2D eigenvalue weighted by atomic mass is 16.5. The highest BCUT2D eigenvalue weighted by Crippen LogP contribution is 2.21. The average Bonchev–Trinajstić information content (AvgIpc) is 2.46. The van der Waals surface area contributed by atoms with Gasteiger partial charge in [-0.2, -0.15) is 0 Å². The molecule has 0 saturated carbocycles. The van der Waals surface area contributed by atoms with Crippen molar-refractivity contribution in [3.8, 4) is 0 Å². The van der Waals surface area contributed by atoms with Crippen molar-refractivity contribution >= 4 is 28.3 Å². The van der Waals surface area contributed by atoms with Crippen molar-refractivity contribution in [1.29, 1.82) is 0 Å². The van der Waals surface area contributed by atoms with Crippen molar-refractivity contribution in [3.05, 3.63) is 42.0 Å². The van der Waals surface area contributed by atoms with Crippen LogP contribution in [0.3, 0.4) is 0 Å². The molecule has 2 aromatic rings. The van der Waals surface area contributed by atoms with E-state index < -0.39 is 12.0 Å². The van der Waals surface area contributed by atoms with E-state index in [1.807, 2.05) is 24.3 Å². The van der Waals surface area contributed by atoms with Gasteiger partial charge in [0.2, 0.25) is 0 Å². The van der Waals surface area contributed by atoms with Gasteiger partial charge < -0.3 is 15.8 Å². The molecule has 5 nitrogen and oxygen atoms in total. The molecule has 1 amide bonds. The molecule has 1 atom stereocenters. The average molecular weight is 286 g/mol. The van der Waals surface area contributed by atoms with Crippen molar-refractivity contribution in [2.24, 2.45) is 0 Å². The Morgan fingerprint density at radius 1 is 1.24 bits per heavy atom. The second-order valence-corrected chi connectivity index (χ2v) is 4.73. The fourth-order valence-corrected chi connectivity index (χ4v) is 2.06. The molecule has 0 fully saturated rings. The Bertz CT molecular complexity index is 682. The second kappa shape index (κ2) is 6.26. The number of anilines is 1. The largest absolute Gasteiger partial charge is 0.464 e. The quantitative estimate of drug-likeness (QED) is 0.666. The molecule has 21 heavy (non-hydrogen) atoms. The second-order valence-electron chi connectivity index (χ2n) is 4.73. The van der Waals surface area contributed by atoms with Crippen molar-refractivity contribution in [2.75, 3.05) is 12.3 Å². The molecule has 0 aromatic heterocycles. The van der Waals surface area contributed by atoms with Gasteiger partial charge in [-0.3, -0.25) is 4.79 Å². The third-order valence-electron chi connectivity index (χ3n) is 3.15. The third kappa shape index (κ3) is 3.31. The zero-order valence-corrected chi connectivity index (χ0v) is 12.1. The van der Waals surface area contributed by atoms with Gasteiger partial charge in [-0.15, -0.1) is 0 Å². The van der Waals surface area contributed by atoms with Crippen molar-refractivity contribution in [1.82, 2.24) is 5.32 Å². The highest BCUT2D eigenvalue weighted by Gasteiger charge is 2.19. The van der Waals surface area contributed by atoms with E-state index in [-0.39, 0.29) is 12.5 Å². The monoisotopic (exact) mass is 286 g/mol. The van der Waals surface area contributed by atoms with Gasteiger partial charge in [0.15, 0.2) is 0 Å². The van der Waals surface area contributed by atoms with Crippen LogP contribution in [0.15, 0.2) is 36.4 Å². The van der Waals surface area contributed by atoms with Crippen LogP contribution in [0.4, 0.5) is 5.69 Å².